The number of ether oxygens (including phenoxy) is 1. The van der Waals surface area contributed by atoms with E-state index in [1.807, 2.05) is 36.5 Å². The average Bonchev–Trinajstić information content (AvgIpc) is 2.70. The Bertz CT molecular complexity index is 851. The van der Waals surface area contributed by atoms with Crippen LogP contribution in [0.5, 0.6) is 5.75 Å². The van der Waals surface area contributed by atoms with Crippen LogP contribution in [0.4, 0.5) is 0 Å². The van der Waals surface area contributed by atoms with Crippen LogP contribution in [-0.2, 0) is 6.54 Å². The predicted octanol–water partition coefficient (Wildman–Crippen LogP) is 4.84. The highest BCUT2D eigenvalue weighted by Crippen LogP contribution is 2.30. The maximum atomic E-state index is 5.97. The second kappa shape index (κ2) is 9.53. The number of hydrogen-bond acceptors (Lipinski definition) is 4. The summed E-state index contributed by atoms with van der Waals surface area (Å²) in [6.45, 7) is 11.9. The standard InChI is InChI=1S/C25H36N4OS/c1-18(19-10-12-22(30-6)13-11-19)29(17-20-9-7-8-14-26-20)23(31)27-21-15-24(2,3)28-25(4,5)16-21/h7-14,18,21,28H,15-17H2,1-6H3,(H,27,31). The van der Waals surface area contributed by atoms with Crippen LogP contribution in [0.3, 0.4) is 0 Å². The molecule has 2 aromatic rings. The van der Waals surface area contributed by atoms with Crippen molar-refractivity contribution in [3.8, 4) is 5.75 Å². The van der Waals surface area contributed by atoms with Gasteiger partial charge in [0.05, 0.1) is 25.4 Å². The van der Waals surface area contributed by atoms with Crippen LogP contribution in [0.1, 0.15) is 64.8 Å². The number of nitrogens with zero attached hydrogens (tertiary/aromatic N) is 2. The van der Waals surface area contributed by atoms with Crippen LogP contribution in [-0.4, -0.2) is 39.2 Å². The molecule has 2 heterocycles. The minimum Gasteiger partial charge on any atom is -0.497 e. The first-order valence-corrected chi connectivity index (χ1v) is 11.4. The summed E-state index contributed by atoms with van der Waals surface area (Å²) in [7, 11) is 1.69. The van der Waals surface area contributed by atoms with Gasteiger partial charge in [-0.15, -0.1) is 0 Å². The molecule has 1 saturated heterocycles. The monoisotopic (exact) mass is 440 g/mol. The fourth-order valence-corrected chi connectivity index (χ4v) is 5.18. The number of piperidine rings is 1. The normalized spacial score (nSPS) is 18.8. The van der Waals surface area contributed by atoms with E-state index in [0.29, 0.717) is 12.6 Å². The van der Waals surface area contributed by atoms with E-state index in [1.54, 1.807) is 7.11 Å². The Hall–Kier alpha value is -2.18. The summed E-state index contributed by atoms with van der Waals surface area (Å²) >= 11 is 5.97. The molecule has 1 aliphatic heterocycles. The Morgan fingerprint density at radius 1 is 1.16 bits per heavy atom. The number of pyridine rings is 1. The fourth-order valence-electron chi connectivity index (χ4n) is 4.80. The Kier molecular flexibility index (Phi) is 7.22. The van der Waals surface area contributed by atoms with Crippen LogP contribution >= 0.6 is 12.2 Å². The highest BCUT2D eigenvalue weighted by Gasteiger charge is 2.38. The number of methoxy groups -OCH3 is 1. The molecule has 31 heavy (non-hydrogen) atoms. The first kappa shape index (κ1) is 23.5. The number of rotatable bonds is 6. The van der Waals surface area contributed by atoms with E-state index in [2.05, 4.69) is 67.3 Å². The van der Waals surface area contributed by atoms with Crippen molar-refractivity contribution < 1.29 is 4.74 Å². The van der Waals surface area contributed by atoms with Gasteiger partial charge in [0, 0.05) is 23.3 Å². The van der Waals surface area contributed by atoms with Crippen molar-refractivity contribution in [1.82, 2.24) is 20.5 Å². The Morgan fingerprint density at radius 2 is 1.81 bits per heavy atom. The van der Waals surface area contributed by atoms with Gasteiger partial charge in [-0.25, -0.2) is 0 Å². The third-order valence-electron chi connectivity index (χ3n) is 5.90. The van der Waals surface area contributed by atoms with Crippen molar-refractivity contribution in [2.45, 2.75) is 77.2 Å². The van der Waals surface area contributed by atoms with Gasteiger partial charge in [0.1, 0.15) is 5.75 Å². The van der Waals surface area contributed by atoms with Crippen LogP contribution in [0.25, 0.3) is 0 Å². The summed E-state index contributed by atoms with van der Waals surface area (Å²) < 4.78 is 5.32. The van der Waals surface area contributed by atoms with Gasteiger partial charge in [-0.05, 0) is 89.5 Å². The molecule has 0 bridgehead atoms. The number of aromatic nitrogens is 1. The van der Waals surface area contributed by atoms with E-state index < -0.39 is 0 Å². The zero-order chi connectivity index (χ0) is 22.6. The molecule has 0 radical (unpaired) electrons. The van der Waals surface area contributed by atoms with Gasteiger partial charge in [0.15, 0.2) is 5.11 Å². The SMILES string of the molecule is COc1ccc(C(C)N(Cc2ccccn2)C(=S)NC2CC(C)(C)NC(C)(C)C2)cc1. The Balaban J connectivity index is 1.81. The highest BCUT2D eigenvalue weighted by molar-refractivity contribution is 7.80. The summed E-state index contributed by atoms with van der Waals surface area (Å²) in [5.41, 5.74) is 2.30. The van der Waals surface area contributed by atoms with Gasteiger partial charge in [-0.1, -0.05) is 18.2 Å². The van der Waals surface area contributed by atoms with Crippen LogP contribution in [0.2, 0.25) is 0 Å². The smallest absolute Gasteiger partial charge is 0.170 e. The minimum atomic E-state index is 0.0580. The molecule has 1 aromatic carbocycles. The van der Waals surface area contributed by atoms with E-state index in [4.69, 9.17) is 17.0 Å². The van der Waals surface area contributed by atoms with E-state index in [-0.39, 0.29) is 17.1 Å². The maximum absolute atomic E-state index is 5.97. The van der Waals surface area contributed by atoms with Crippen LogP contribution < -0.4 is 15.4 Å². The number of thiocarbonyl (C=S) groups is 1. The molecule has 0 amide bonds. The highest BCUT2D eigenvalue weighted by atomic mass is 32.1. The topological polar surface area (TPSA) is 49.4 Å². The molecule has 5 nitrogen and oxygen atoms in total. The molecule has 3 rings (SSSR count). The molecule has 2 N–H and O–H groups in total. The lowest BCUT2D eigenvalue weighted by Gasteiger charge is -2.47. The van der Waals surface area contributed by atoms with Crippen molar-refractivity contribution in [1.29, 1.82) is 0 Å². The van der Waals surface area contributed by atoms with E-state index >= 15 is 0 Å². The maximum Gasteiger partial charge on any atom is 0.170 e. The van der Waals surface area contributed by atoms with E-state index in [9.17, 15) is 0 Å². The third kappa shape index (κ3) is 6.40. The second-order valence-electron chi connectivity index (χ2n) is 9.85. The van der Waals surface area contributed by atoms with Crippen molar-refractivity contribution in [3.63, 3.8) is 0 Å². The Labute approximate surface area is 192 Å². The van der Waals surface area contributed by atoms with Gasteiger partial charge in [-0.2, -0.15) is 0 Å². The summed E-state index contributed by atoms with van der Waals surface area (Å²) in [6.07, 6.45) is 3.87. The zero-order valence-electron chi connectivity index (χ0n) is 19.6. The summed E-state index contributed by atoms with van der Waals surface area (Å²) in [6, 6.07) is 14.6. The van der Waals surface area contributed by atoms with Gasteiger partial charge in [0.25, 0.3) is 0 Å². The summed E-state index contributed by atoms with van der Waals surface area (Å²) in [5.74, 6) is 0.854. The molecule has 6 heteroatoms. The Morgan fingerprint density at radius 3 is 2.35 bits per heavy atom. The quantitative estimate of drug-likeness (QED) is 0.627. The molecular weight excluding hydrogens is 404 g/mol. The first-order chi connectivity index (χ1) is 14.6. The van der Waals surface area contributed by atoms with Gasteiger partial charge < -0.3 is 20.3 Å². The molecule has 0 spiro atoms. The number of hydrogen-bond donors (Lipinski definition) is 2. The first-order valence-electron chi connectivity index (χ1n) is 11.0. The minimum absolute atomic E-state index is 0.0580. The van der Waals surface area contributed by atoms with Crippen molar-refractivity contribution in [2.24, 2.45) is 0 Å². The molecule has 1 aliphatic rings. The third-order valence-corrected chi connectivity index (χ3v) is 6.26. The molecule has 1 unspecified atom stereocenters. The summed E-state index contributed by atoms with van der Waals surface area (Å²) in [4.78, 5) is 6.78. The predicted molar refractivity (Wildman–Crippen MR) is 131 cm³/mol. The largest absolute Gasteiger partial charge is 0.497 e. The van der Waals surface area contributed by atoms with Crippen LogP contribution in [0.15, 0.2) is 48.7 Å². The summed E-state index contributed by atoms with van der Waals surface area (Å²) in [5, 5.41) is 8.20. The lowest BCUT2D eigenvalue weighted by molar-refractivity contribution is 0.152. The molecule has 0 saturated carbocycles. The number of benzene rings is 1. The molecule has 1 atom stereocenters. The van der Waals surface area contributed by atoms with E-state index in [1.165, 1.54) is 5.56 Å². The van der Waals surface area contributed by atoms with E-state index in [0.717, 1.165) is 29.4 Å². The van der Waals surface area contributed by atoms with Crippen LogP contribution in [0, 0.1) is 0 Å². The molecular formula is C25H36N4OS. The van der Waals surface area contributed by atoms with Gasteiger partial charge in [-0.3, -0.25) is 4.98 Å². The lowest BCUT2D eigenvalue weighted by Crippen LogP contribution is -2.63. The second-order valence-corrected chi connectivity index (χ2v) is 10.2. The van der Waals surface area contributed by atoms with Gasteiger partial charge >= 0.3 is 0 Å². The number of nitrogens with one attached hydrogen (secondary N) is 2. The fraction of sp³-hybridized carbons (Fsp3) is 0.520. The molecule has 168 valence electrons. The molecule has 1 aromatic heterocycles. The lowest BCUT2D eigenvalue weighted by atomic mass is 9.80. The average molecular weight is 441 g/mol. The van der Waals surface area contributed by atoms with Crippen molar-refractivity contribution in [2.75, 3.05) is 7.11 Å². The molecule has 0 aliphatic carbocycles. The van der Waals surface area contributed by atoms with Crippen molar-refractivity contribution >= 4 is 17.3 Å². The van der Waals surface area contributed by atoms with Gasteiger partial charge in [0.2, 0.25) is 0 Å². The van der Waals surface area contributed by atoms with Crippen molar-refractivity contribution in [3.05, 3.63) is 59.9 Å². The zero-order valence-corrected chi connectivity index (χ0v) is 20.4. The molecule has 1 fully saturated rings.